The maximum absolute atomic E-state index is 12.0. The van der Waals surface area contributed by atoms with E-state index in [4.69, 9.17) is 4.74 Å². The molecule has 1 aliphatic heterocycles. The van der Waals surface area contributed by atoms with E-state index in [1.54, 1.807) is 30.6 Å². The number of hydrogen-bond donors (Lipinski definition) is 1. The minimum absolute atomic E-state index is 0.225. The molecule has 2 aromatic heterocycles. The van der Waals surface area contributed by atoms with Crippen LogP contribution in [-0.4, -0.2) is 33.9 Å². The van der Waals surface area contributed by atoms with E-state index in [1.807, 2.05) is 10.9 Å². The molecule has 0 saturated carbocycles. The van der Waals surface area contributed by atoms with Gasteiger partial charge in [0.25, 0.3) is 5.91 Å². The van der Waals surface area contributed by atoms with Crippen molar-refractivity contribution in [2.24, 2.45) is 0 Å². The first kappa shape index (κ1) is 12.8. The molecule has 0 spiro atoms. The van der Waals surface area contributed by atoms with Gasteiger partial charge in [0, 0.05) is 25.6 Å². The maximum atomic E-state index is 12.0. The summed E-state index contributed by atoms with van der Waals surface area (Å²) in [6.07, 6.45) is 7.03. The fourth-order valence-electron chi connectivity index (χ4n) is 2.24. The Kier molecular flexibility index (Phi) is 3.73. The third-order valence-corrected chi connectivity index (χ3v) is 3.32. The van der Waals surface area contributed by atoms with Gasteiger partial charge in [-0.25, -0.2) is 0 Å². The first-order chi connectivity index (χ1) is 9.83. The molecule has 0 aliphatic carbocycles. The summed E-state index contributed by atoms with van der Waals surface area (Å²) in [6.45, 7) is 1.53. The van der Waals surface area contributed by atoms with Gasteiger partial charge < -0.3 is 10.1 Å². The highest BCUT2D eigenvalue weighted by molar-refractivity contribution is 6.02. The zero-order chi connectivity index (χ0) is 13.8. The van der Waals surface area contributed by atoms with Crippen molar-refractivity contribution in [3.8, 4) is 0 Å². The van der Waals surface area contributed by atoms with Crippen molar-refractivity contribution < 1.29 is 9.53 Å². The van der Waals surface area contributed by atoms with Crippen molar-refractivity contribution in [2.75, 3.05) is 18.5 Å². The Morgan fingerprint density at radius 1 is 1.35 bits per heavy atom. The van der Waals surface area contributed by atoms with Gasteiger partial charge in [-0.1, -0.05) is 6.07 Å². The molecule has 1 N–H and O–H groups in total. The number of carbonyl (C=O) groups excluding carboxylic acids is 1. The molecule has 0 radical (unpaired) electrons. The van der Waals surface area contributed by atoms with Crippen molar-refractivity contribution in [2.45, 2.75) is 18.9 Å². The number of rotatable bonds is 3. The quantitative estimate of drug-likeness (QED) is 0.926. The molecule has 1 amide bonds. The lowest BCUT2D eigenvalue weighted by Crippen LogP contribution is -2.19. The third kappa shape index (κ3) is 2.85. The molecule has 6 nitrogen and oxygen atoms in total. The van der Waals surface area contributed by atoms with E-state index in [-0.39, 0.29) is 5.91 Å². The molecular formula is C14H16N4O2. The summed E-state index contributed by atoms with van der Waals surface area (Å²) in [5.74, 6) is -0.225. The van der Waals surface area contributed by atoms with Crippen molar-refractivity contribution >= 4 is 11.6 Å². The Balaban J connectivity index is 1.66. The van der Waals surface area contributed by atoms with Gasteiger partial charge in [0.1, 0.15) is 5.69 Å². The number of amides is 1. The zero-order valence-electron chi connectivity index (χ0n) is 11.0. The van der Waals surface area contributed by atoms with Crippen LogP contribution in [0.2, 0.25) is 0 Å². The lowest BCUT2D eigenvalue weighted by atomic mass is 10.1. The molecule has 0 aromatic carbocycles. The van der Waals surface area contributed by atoms with Gasteiger partial charge in [0.15, 0.2) is 0 Å². The number of hydrogen-bond acceptors (Lipinski definition) is 4. The van der Waals surface area contributed by atoms with Crippen LogP contribution < -0.4 is 5.32 Å². The molecule has 6 heteroatoms. The van der Waals surface area contributed by atoms with Crippen LogP contribution in [0.15, 0.2) is 36.8 Å². The molecule has 2 aromatic rings. The fourth-order valence-corrected chi connectivity index (χ4v) is 2.24. The summed E-state index contributed by atoms with van der Waals surface area (Å²) in [5.41, 5.74) is 1.08. The second-order valence-corrected chi connectivity index (χ2v) is 4.72. The molecule has 3 rings (SSSR count). The standard InChI is InChI=1S/C14H16N4O2/c19-14(13-3-1-2-6-15-13)17-11-9-16-18(10-11)12-4-7-20-8-5-12/h1-3,6,9-10,12H,4-5,7-8H2,(H,17,19). The highest BCUT2D eigenvalue weighted by atomic mass is 16.5. The van der Waals surface area contributed by atoms with E-state index in [9.17, 15) is 4.79 Å². The van der Waals surface area contributed by atoms with Crippen LogP contribution in [0.4, 0.5) is 5.69 Å². The van der Waals surface area contributed by atoms with E-state index in [0.29, 0.717) is 17.4 Å². The lowest BCUT2D eigenvalue weighted by Gasteiger charge is -2.22. The van der Waals surface area contributed by atoms with Gasteiger partial charge >= 0.3 is 0 Å². The molecule has 1 aliphatic rings. The van der Waals surface area contributed by atoms with Crippen LogP contribution in [0.25, 0.3) is 0 Å². The van der Waals surface area contributed by atoms with Gasteiger partial charge in [-0.05, 0) is 25.0 Å². The Hall–Kier alpha value is -2.21. The highest BCUT2D eigenvalue weighted by Gasteiger charge is 2.17. The minimum Gasteiger partial charge on any atom is -0.381 e. The van der Waals surface area contributed by atoms with Crippen LogP contribution >= 0.6 is 0 Å². The Morgan fingerprint density at radius 3 is 2.95 bits per heavy atom. The maximum Gasteiger partial charge on any atom is 0.274 e. The summed E-state index contributed by atoms with van der Waals surface area (Å²) in [7, 11) is 0. The Labute approximate surface area is 116 Å². The third-order valence-electron chi connectivity index (χ3n) is 3.32. The van der Waals surface area contributed by atoms with E-state index in [1.165, 1.54) is 0 Å². The van der Waals surface area contributed by atoms with E-state index in [2.05, 4.69) is 15.4 Å². The lowest BCUT2D eigenvalue weighted by molar-refractivity contribution is 0.0662. The smallest absolute Gasteiger partial charge is 0.274 e. The summed E-state index contributed by atoms with van der Waals surface area (Å²) in [4.78, 5) is 16.0. The topological polar surface area (TPSA) is 69.0 Å². The number of aromatic nitrogens is 3. The largest absolute Gasteiger partial charge is 0.381 e. The molecule has 0 atom stereocenters. The highest BCUT2D eigenvalue weighted by Crippen LogP contribution is 2.21. The Bertz CT molecular complexity index is 576. The predicted octanol–water partition coefficient (Wildman–Crippen LogP) is 1.88. The number of ether oxygens (including phenoxy) is 1. The molecule has 3 heterocycles. The normalized spacial score (nSPS) is 16.0. The zero-order valence-corrected chi connectivity index (χ0v) is 11.0. The van der Waals surface area contributed by atoms with Crippen molar-refractivity contribution in [1.29, 1.82) is 0 Å². The second kappa shape index (κ2) is 5.83. The van der Waals surface area contributed by atoms with Gasteiger partial charge in [-0.2, -0.15) is 5.10 Å². The van der Waals surface area contributed by atoms with Gasteiger partial charge in [0.05, 0.1) is 17.9 Å². The number of carbonyl (C=O) groups is 1. The average Bonchev–Trinajstić information content (AvgIpc) is 2.97. The van der Waals surface area contributed by atoms with Gasteiger partial charge in [-0.3, -0.25) is 14.5 Å². The summed E-state index contributed by atoms with van der Waals surface area (Å²) >= 11 is 0. The van der Waals surface area contributed by atoms with Crippen LogP contribution in [0.1, 0.15) is 29.4 Å². The van der Waals surface area contributed by atoms with Crippen LogP contribution in [0.5, 0.6) is 0 Å². The molecule has 20 heavy (non-hydrogen) atoms. The second-order valence-electron chi connectivity index (χ2n) is 4.72. The van der Waals surface area contributed by atoms with E-state index < -0.39 is 0 Å². The Morgan fingerprint density at radius 2 is 2.20 bits per heavy atom. The summed E-state index contributed by atoms with van der Waals surface area (Å²) in [6, 6.07) is 5.59. The summed E-state index contributed by atoms with van der Waals surface area (Å²) in [5, 5.41) is 7.11. The van der Waals surface area contributed by atoms with E-state index >= 15 is 0 Å². The molecule has 104 valence electrons. The fraction of sp³-hybridized carbons (Fsp3) is 0.357. The molecular weight excluding hydrogens is 256 g/mol. The number of nitrogens with zero attached hydrogens (tertiary/aromatic N) is 3. The van der Waals surface area contributed by atoms with Crippen LogP contribution in [0, 0.1) is 0 Å². The SMILES string of the molecule is O=C(Nc1cnn(C2CCOCC2)c1)c1ccccn1. The van der Waals surface area contributed by atoms with Crippen LogP contribution in [-0.2, 0) is 4.74 Å². The molecule has 0 bridgehead atoms. The molecule has 1 fully saturated rings. The van der Waals surface area contributed by atoms with Crippen molar-refractivity contribution in [3.63, 3.8) is 0 Å². The monoisotopic (exact) mass is 272 g/mol. The number of nitrogens with one attached hydrogen (secondary N) is 1. The number of anilines is 1. The van der Waals surface area contributed by atoms with Crippen molar-refractivity contribution in [1.82, 2.24) is 14.8 Å². The average molecular weight is 272 g/mol. The van der Waals surface area contributed by atoms with Crippen molar-refractivity contribution in [3.05, 3.63) is 42.5 Å². The van der Waals surface area contributed by atoms with Crippen LogP contribution in [0.3, 0.4) is 0 Å². The predicted molar refractivity (Wildman–Crippen MR) is 73.5 cm³/mol. The summed E-state index contributed by atoms with van der Waals surface area (Å²) < 4.78 is 7.23. The van der Waals surface area contributed by atoms with Gasteiger partial charge in [-0.15, -0.1) is 0 Å². The molecule has 1 saturated heterocycles. The van der Waals surface area contributed by atoms with E-state index in [0.717, 1.165) is 26.1 Å². The molecule has 0 unspecified atom stereocenters. The minimum atomic E-state index is -0.225. The van der Waals surface area contributed by atoms with Gasteiger partial charge in [0.2, 0.25) is 0 Å². The first-order valence-electron chi connectivity index (χ1n) is 6.67. The number of pyridine rings is 1. The first-order valence-corrected chi connectivity index (χ1v) is 6.67.